The predicted molar refractivity (Wildman–Crippen MR) is 350 cm³/mol. The van der Waals surface area contributed by atoms with Crippen LogP contribution in [-0.2, 0) is 0 Å². The summed E-state index contributed by atoms with van der Waals surface area (Å²) in [5.41, 5.74) is 16.2. The first-order valence-electron chi connectivity index (χ1n) is 28.8. The van der Waals surface area contributed by atoms with Crippen LogP contribution in [0.2, 0.25) is 0 Å². The summed E-state index contributed by atoms with van der Waals surface area (Å²) in [5, 5.41) is 12.0. The van der Waals surface area contributed by atoms with Crippen molar-refractivity contribution in [2.45, 2.75) is 13.8 Å². The molecule has 0 fully saturated rings. The van der Waals surface area contributed by atoms with E-state index in [1.807, 2.05) is 24.3 Å². The number of H-pyrrole nitrogens is 2. The minimum atomic E-state index is 0.494. The smallest absolute Gasteiger partial charge is 0.165 e. The second-order valence-electron chi connectivity index (χ2n) is 22.4. The van der Waals surface area contributed by atoms with Crippen LogP contribution >= 0.6 is 0 Å². The number of nitrogens with one attached hydrogen (secondary N) is 2. The van der Waals surface area contributed by atoms with Crippen LogP contribution < -0.4 is 9.47 Å². The lowest BCUT2D eigenvalue weighted by Gasteiger charge is -2.14. The first-order chi connectivity index (χ1) is 42.3. The Balaban J connectivity index is 1.11. The number of hydrogen-bond donors (Lipinski definition) is 2. The van der Waals surface area contributed by atoms with E-state index in [-0.39, 0.29) is 0 Å². The van der Waals surface area contributed by atoms with E-state index in [2.05, 4.69) is 218 Å². The standard InChI is InChI=1S/C76H50N8O2/c1-41-21-25-43(26-22-41)61-53-17-9-5-13-47(53)37-57-65(61)74-78-69(57)77-73-66-58(38-48-14-6-10-18-54(48)62(66)44-27-23-42(2)24-28-44)70(79-73)81-75-68-60(40-50-16-8-12-20-56(50)64(68)46-31-35-52(86-4)36-32-46)72(83-75)84-76-67-59(71(80-74)82-76)39-49-15-7-11-19-55(49)63(67)45-29-33-51(85-3)34-30-45/h5-40H,1-4H3,(H2,77,78,79,80,81,82,83,84). The van der Waals surface area contributed by atoms with Gasteiger partial charge in [-0.15, -0.1) is 0 Å². The number of benzene rings is 12. The predicted octanol–water partition coefficient (Wildman–Crippen LogP) is 18.8. The van der Waals surface area contributed by atoms with Gasteiger partial charge in [0.2, 0.25) is 0 Å². The van der Waals surface area contributed by atoms with Crippen LogP contribution in [0.1, 0.15) is 11.1 Å². The van der Waals surface area contributed by atoms with E-state index in [4.69, 9.17) is 39.4 Å². The maximum Gasteiger partial charge on any atom is 0.165 e. The van der Waals surface area contributed by atoms with Crippen molar-refractivity contribution in [2.75, 3.05) is 14.2 Å². The van der Waals surface area contributed by atoms with Crippen LogP contribution in [0.15, 0.2) is 218 Å². The zero-order chi connectivity index (χ0) is 57.3. The van der Waals surface area contributed by atoms with Crippen molar-refractivity contribution in [3.63, 3.8) is 0 Å². The van der Waals surface area contributed by atoms with E-state index >= 15 is 0 Å². The minimum Gasteiger partial charge on any atom is -0.497 e. The van der Waals surface area contributed by atoms with Gasteiger partial charge in [0.05, 0.1) is 14.2 Å². The number of hydrogen-bond acceptors (Lipinski definition) is 8. The number of methoxy groups -OCH3 is 2. The van der Waals surface area contributed by atoms with Gasteiger partial charge in [0.1, 0.15) is 34.1 Å². The van der Waals surface area contributed by atoms with E-state index < -0.39 is 0 Å². The van der Waals surface area contributed by atoms with Gasteiger partial charge in [0, 0.05) is 66.1 Å². The summed E-state index contributed by atoms with van der Waals surface area (Å²) in [6.45, 7) is 4.24. The first-order valence-corrected chi connectivity index (χ1v) is 28.8. The molecule has 3 aromatic heterocycles. The topological polar surface area (TPSA) is 127 Å². The molecule has 0 spiro atoms. The molecule has 0 amide bonds. The van der Waals surface area contributed by atoms with Gasteiger partial charge >= 0.3 is 0 Å². The van der Waals surface area contributed by atoms with Gasteiger partial charge in [-0.25, -0.2) is 29.9 Å². The van der Waals surface area contributed by atoms with E-state index in [0.717, 1.165) is 143 Å². The molecule has 10 nitrogen and oxygen atoms in total. The maximum absolute atomic E-state index is 5.79. The third-order valence-electron chi connectivity index (χ3n) is 17.3. The maximum atomic E-state index is 5.79. The van der Waals surface area contributed by atoms with E-state index in [1.54, 1.807) is 14.2 Å². The van der Waals surface area contributed by atoms with Crippen LogP contribution in [0.3, 0.4) is 0 Å². The van der Waals surface area contributed by atoms with Crippen molar-refractivity contribution in [2.24, 2.45) is 0 Å². The van der Waals surface area contributed by atoms with Crippen LogP contribution in [-0.4, -0.2) is 54.1 Å². The highest BCUT2D eigenvalue weighted by molar-refractivity contribution is 6.24. The molecule has 17 rings (SSSR count). The summed E-state index contributed by atoms with van der Waals surface area (Å²) in [4.78, 5) is 42.2. The molecule has 406 valence electrons. The summed E-state index contributed by atoms with van der Waals surface area (Å²) in [6, 6.07) is 77.0. The summed E-state index contributed by atoms with van der Waals surface area (Å²) in [6.07, 6.45) is 0. The van der Waals surface area contributed by atoms with Gasteiger partial charge in [-0.05, 0) is 128 Å². The average molecular weight is 1110 g/mol. The lowest BCUT2D eigenvalue weighted by atomic mass is 9.89. The molecule has 12 aromatic carbocycles. The van der Waals surface area contributed by atoms with E-state index in [9.17, 15) is 0 Å². The van der Waals surface area contributed by atoms with Crippen LogP contribution in [0.25, 0.3) is 177 Å². The Morgan fingerprint density at radius 1 is 0.279 bits per heavy atom. The van der Waals surface area contributed by atoms with Crippen molar-refractivity contribution in [3.8, 4) is 102 Å². The van der Waals surface area contributed by atoms with Gasteiger partial charge in [0.15, 0.2) is 23.3 Å². The molecule has 8 bridgehead atoms. The summed E-state index contributed by atoms with van der Waals surface area (Å²) in [5.74, 6) is 3.54. The zero-order valence-electron chi connectivity index (χ0n) is 47.3. The Labute approximate surface area is 493 Å². The second-order valence-corrected chi connectivity index (χ2v) is 22.4. The SMILES string of the molecule is COc1ccc(-c2c3c(cc4ccccc24)-c2nc-3nc3[nH]c(nc4nc(nc5[nH]c(n2)c2c(-c6ccc(OC)cc6)c6ccccc6cc52)-c2c-4cc4ccccc4c2-c2ccc(C)cc2)c2c(-c4ccc(C)cc4)c4ccccc4cc32)cc1. The highest BCUT2D eigenvalue weighted by atomic mass is 16.5. The molecule has 2 aliphatic heterocycles. The largest absolute Gasteiger partial charge is 0.497 e. The van der Waals surface area contributed by atoms with Gasteiger partial charge < -0.3 is 19.4 Å². The number of ether oxygens (including phenoxy) is 2. The highest BCUT2D eigenvalue weighted by Gasteiger charge is 2.30. The summed E-state index contributed by atoms with van der Waals surface area (Å²) < 4.78 is 11.5. The van der Waals surface area contributed by atoms with Crippen LogP contribution in [0.5, 0.6) is 11.5 Å². The van der Waals surface area contributed by atoms with Crippen molar-refractivity contribution in [3.05, 3.63) is 230 Å². The van der Waals surface area contributed by atoms with Gasteiger partial charge in [-0.2, -0.15) is 0 Å². The molecule has 0 radical (unpaired) electrons. The molecule has 0 aliphatic carbocycles. The Morgan fingerprint density at radius 3 is 0.965 bits per heavy atom. The van der Waals surface area contributed by atoms with E-state index in [0.29, 0.717) is 45.9 Å². The Kier molecular flexibility index (Phi) is 10.9. The summed E-state index contributed by atoms with van der Waals surface area (Å²) in [7, 11) is 3.39. The molecule has 5 heterocycles. The number of aromatic nitrogens is 8. The third kappa shape index (κ3) is 7.66. The average Bonchev–Trinajstić information content (AvgIpc) is 2.72. The van der Waals surface area contributed by atoms with Crippen molar-refractivity contribution < 1.29 is 9.47 Å². The number of nitrogens with zero attached hydrogens (tertiary/aromatic N) is 6. The van der Waals surface area contributed by atoms with Gasteiger partial charge in [0.25, 0.3) is 0 Å². The zero-order valence-corrected chi connectivity index (χ0v) is 47.3. The quantitative estimate of drug-likeness (QED) is 0.169. The fourth-order valence-electron chi connectivity index (χ4n) is 13.2. The molecule has 2 aliphatic rings. The normalized spacial score (nSPS) is 12.0. The molecular formula is C76H50N8O2. The lowest BCUT2D eigenvalue weighted by molar-refractivity contribution is 0.415. The molecule has 0 saturated carbocycles. The Morgan fingerprint density at radius 2 is 0.593 bits per heavy atom. The first kappa shape index (κ1) is 49.3. The Hall–Kier alpha value is -11.4. The van der Waals surface area contributed by atoms with Gasteiger partial charge in [-0.3, -0.25) is 0 Å². The van der Waals surface area contributed by atoms with Crippen molar-refractivity contribution in [1.29, 1.82) is 0 Å². The lowest BCUT2D eigenvalue weighted by Crippen LogP contribution is -1.91. The van der Waals surface area contributed by atoms with Gasteiger partial charge in [-0.1, -0.05) is 181 Å². The third-order valence-corrected chi connectivity index (χ3v) is 17.3. The molecule has 2 N–H and O–H groups in total. The molecule has 0 saturated heterocycles. The fraction of sp³-hybridized carbons (Fsp3) is 0.0526. The minimum absolute atomic E-state index is 0.494. The van der Waals surface area contributed by atoms with Crippen molar-refractivity contribution >= 4 is 87.2 Å². The Bertz CT molecular complexity index is 5560. The van der Waals surface area contributed by atoms with E-state index in [1.165, 1.54) is 11.1 Å². The monoisotopic (exact) mass is 1110 g/mol. The van der Waals surface area contributed by atoms with Crippen LogP contribution in [0.4, 0.5) is 0 Å². The molecule has 15 aromatic rings. The number of aryl methyl sites for hydroxylation is 2. The number of rotatable bonds is 6. The van der Waals surface area contributed by atoms with Crippen molar-refractivity contribution in [1.82, 2.24) is 39.9 Å². The molecule has 0 unspecified atom stereocenters. The fourth-order valence-corrected chi connectivity index (χ4v) is 13.2. The number of fused-ring (bicyclic) bond motifs is 24. The van der Waals surface area contributed by atoms with Crippen LogP contribution in [0, 0.1) is 13.8 Å². The highest BCUT2D eigenvalue weighted by Crippen LogP contribution is 2.50. The molecule has 10 heteroatoms. The second kappa shape index (κ2) is 19.1. The summed E-state index contributed by atoms with van der Waals surface area (Å²) >= 11 is 0. The number of aromatic amines is 2. The molecular weight excluding hydrogens is 1060 g/mol. The molecule has 0 atom stereocenters. The molecule has 86 heavy (non-hydrogen) atoms.